The molecule has 1 N–H and O–H groups in total. The molecule has 0 saturated heterocycles. The van der Waals surface area contributed by atoms with Crippen LogP contribution in [-0.2, 0) is 20.6 Å². The Bertz CT molecular complexity index is 762. The van der Waals surface area contributed by atoms with Crippen molar-refractivity contribution < 1.29 is 0 Å². The number of rotatable bonds is 3. The predicted molar refractivity (Wildman–Crippen MR) is 83.1 cm³/mol. The van der Waals surface area contributed by atoms with Gasteiger partial charge in [-0.15, -0.1) is 0 Å². The lowest BCUT2D eigenvalue weighted by Crippen LogP contribution is -2.38. The Kier molecular flexibility index (Phi) is 4.13. The molecule has 0 fully saturated rings. The van der Waals surface area contributed by atoms with Crippen LogP contribution in [0.3, 0.4) is 0 Å². The minimum Gasteiger partial charge on any atom is -0.379 e. The van der Waals surface area contributed by atoms with Gasteiger partial charge in [0.1, 0.15) is 0 Å². The molecule has 0 atom stereocenters. The fourth-order valence-corrected chi connectivity index (χ4v) is 2.53. The third-order valence-corrected chi connectivity index (χ3v) is 3.87. The zero-order valence-electron chi connectivity index (χ0n) is 11.6. The number of halogens is 1. The molecular formula is C14H16BrN3O2. The highest BCUT2D eigenvalue weighted by atomic mass is 79.9. The Hall–Kier alpha value is -1.82. The first-order valence-corrected chi connectivity index (χ1v) is 6.95. The molecule has 2 rings (SSSR count). The average molecular weight is 338 g/mol. The molecule has 106 valence electrons. The topological polar surface area (TPSA) is 56.0 Å². The number of aryl methyl sites for hydroxylation is 1. The molecule has 0 saturated carbocycles. The largest absolute Gasteiger partial charge is 0.379 e. The smallest absolute Gasteiger partial charge is 0.330 e. The van der Waals surface area contributed by atoms with E-state index in [1.807, 2.05) is 25.1 Å². The summed E-state index contributed by atoms with van der Waals surface area (Å²) < 4.78 is 3.51. The van der Waals surface area contributed by atoms with Crippen molar-refractivity contribution in [2.45, 2.75) is 13.5 Å². The van der Waals surface area contributed by atoms with E-state index in [0.29, 0.717) is 12.2 Å². The maximum Gasteiger partial charge on any atom is 0.330 e. The van der Waals surface area contributed by atoms with E-state index in [0.717, 1.165) is 20.3 Å². The van der Waals surface area contributed by atoms with Gasteiger partial charge >= 0.3 is 5.69 Å². The summed E-state index contributed by atoms with van der Waals surface area (Å²) in [6.45, 7) is 2.42. The predicted octanol–water partition coefficient (Wildman–Crippen LogP) is 1.77. The Morgan fingerprint density at radius 1 is 1.15 bits per heavy atom. The van der Waals surface area contributed by atoms with Crippen LogP contribution in [0.1, 0.15) is 11.3 Å². The molecule has 0 aliphatic heterocycles. The van der Waals surface area contributed by atoms with Crippen molar-refractivity contribution in [2.75, 3.05) is 5.32 Å². The van der Waals surface area contributed by atoms with Crippen molar-refractivity contribution in [3.8, 4) is 0 Å². The molecule has 0 aliphatic carbocycles. The van der Waals surface area contributed by atoms with Gasteiger partial charge in [0.2, 0.25) is 0 Å². The van der Waals surface area contributed by atoms with Crippen LogP contribution in [0.15, 0.2) is 38.3 Å². The number of nitrogens with zero attached hydrogens (tertiary/aromatic N) is 2. The van der Waals surface area contributed by atoms with Crippen molar-refractivity contribution >= 4 is 21.6 Å². The fourth-order valence-electron chi connectivity index (χ4n) is 1.90. The quantitative estimate of drug-likeness (QED) is 0.928. The molecule has 0 amide bonds. The zero-order valence-corrected chi connectivity index (χ0v) is 13.2. The SMILES string of the molecule is Cc1ccc(NCc2cc(=O)n(C)c(=O)n2C)c(Br)c1. The van der Waals surface area contributed by atoms with Gasteiger partial charge in [-0.2, -0.15) is 0 Å². The molecule has 5 nitrogen and oxygen atoms in total. The summed E-state index contributed by atoms with van der Waals surface area (Å²) in [5.74, 6) is 0. The second-order valence-electron chi connectivity index (χ2n) is 4.71. The van der Waals surface area contributed by atoms with Crippen LogP contribution < -0.4 is 16.6 Å². The minimum atomic E-state index is -0.322. The second kappa shape index (κ2) is 5.66. The van der Waals surface area contributed by atoms with Gasteiger partial charge in [-0.3, -0.25) is 13.9 Å². The third-order valence-electron chi connectivity index (χ3n) is 3.21. The Morgan fingerprint density at radius 3 is 2.50 bits per heavy atom. The van der Waals surface area contributed by atoms with Gasteiger partial charge in [0.25, 0.3) is 5.56 Å². The molecule has 0 spiro atoms. The maximum atomic E-state index is 11.8. The molecule has 0 radical (unpaired) electrons. The molecule has 1 aromatic heterocycles. The van der Waals surface area contributed by atoms with Crippen molar-refractivity contribution in [1.82, 2.24) is 9.13 Å². The molecule has 20 heavy (non-hydrogen) atoms. The van der Waals surface area contributed by atoms with Gasteiger partial charge < -0.3 is 5.32 Å². The van der Waals surface area contributed by atoms with Crippen LogP contribution >= 0.6 is 15.9 Å². The average Bonchev–Trinajstić information content (AvgIpc) is 2.40. The third kappa shape index (κ3) is 2.85. The maximum absolute atomic E-state index is 11.8. The molecule has 0 unspecified atom stereocenters. The first kappa shape index (κ1) is 14.6. The Morgan fingerprint density at radius 2 is 1.85 bits per heavy atom. The highest BCUT2D eigenvalue weighted by Crippen LogP contribution is 2.23. The number of hydrogen-bond donors (Lipinski definition) is 1. The van der Waals surface area contributed by atoms with Gasteiger partial charge in [0.15, 0.2) is 0 Å². The van der Waals surface area contributed by atoms with E-state index in [4.69, 9.17) is 0 Å². The van der Waals surface area contributed by atoms with Crippen LogP contribution in [0.4, 0.5) is 5.69 Å². The van der Waals surface area contributed by atoms with E-state index in [1.54, 1.807) is 7.05 Å². The van der Waals surface area contributed by atoms with Gasteiger partial charge in [-0.05, 0) is 40.5 Å². The lowest BCUT2D eigenvalue weighted by molar-refractivity contribution is 0.655. The van der Waals surface area contributed by atoms with Crippen LogP contribution in [0.2, 0.25) is 0 Å². The summed E-state index contributed by atoms with van der Waals surface area (Å²) in [6.07, 6.45) is 0. The van der Waals surface area contributed by atoms with Crippen molar-refractivity contribution in [2.24, 2.45) is 14.1 Å². The van der Waals surface area contributed by atoms with Crippen LogP contribution in [0.5, 0.6) is 0 Å². The number of benzene rings is 1. The summed E-state index contributed by atoms with van der Waals surface area (Å²) >= 11 is 3.48. The Labute approximate surface area is 125 Å². The minimum absolute atomic E-state index is 0.298. The number of aromatic nitrogens is 2. The van der Waals surface area contributed by atoms with Crippen LogP contribution in [0.25, 0.3) is 0 Å². The van der Waals surface area contributed by atoms with E-state index in [2.05, 4.69) is 21.2 Å². The van der Waals surface area contributed by atoms with Crippen LogP contribution in [0, 0.1) is 6.92 Å². The lowest BCUT2D eigenvalue weighted by Gasteiger charge is -2.12. The number of nitrogens with one attached hydrogen (secondary N) is 1. The van der Waals surface area contributed by atoms with Crippen LogP contribution in [-0.4, -0.2) is 9.13 Å². The van der Waals surface area contributed by atoms with E-state index in [1.165, 1.54) is 17.7 Å². The lowest BCUT2D eigenvalue weighted by atomic mass is 10.2. The normalized spacial score (nSPS) is 10.6. The highest BCUT2D eigenvalue weighted by Gasteiger charge is 2.06. The van der Waals surface area contributed by atoms with E-state index in [9.17, 15) is 9.59 Å². The standard InChI is InChI=1S/C14H16BrN3O2/c1-9-4-5-12(11(15)6-9)16-8-10-7-13(19)18(3)14(20)17(10)2/h4-7,16H,8H2,1-3H3. The molecule has 1 heterocycles. The van der Waals surface area contributed by atoms with Crippen molar-refractivity contribution in [3.63, 3.8) is 0 Å². The van der Waals surface area contributed by atoms with Crippen molar-refractivity contribution in [3.05, 3.63) is 60.8 Å². The summed E-state index contributed by atoms with van der Waals surface area (Å²) in [5.41, 5.74) is 2.10. The Balaban J connectivity index is 2.28. The first-order valence-electron chi connectivity index (χ1n) is 6.16. The summed E-state index contributed by atoms with van der Waals surface area (Å²) in [7, 11) is 3.13. The summed E-state index contributed by atoms with van der Waals surface area (Å²) in [5, 5.41) is 3.22. The summed E-state index contributed by atoms with van der Waals surface area (Å²) in [6, 6.07) is 7.43. The molecule has 2 aromatic rings. The molecule has 0 bridgehead atoms. The molecule has 1 aromatic carbocycles. The molecule has 0 aliphatic rings. The summed E-state index contributed by atoms with van der Waals surface area (Å²) in [4.78, 5) is 23.5. The van der Waals surface area contributed by atoms with Crippen molar-refractivity contribution in [1.29, 1.82) is 0 Å². The van der Waals surface area contributed by atoms with Gasteiger partial charge in [0.05, 0.1) is 6.54 Å². The number of anilines is 1. The van der Waals surface area contributed by atoms with Gasteiger partial charge in [-0.1, -0.05) is 6.07 Å². The highest BCUT2D eigenvalue weighted by molar-refractivity contribution is 9.10. The molecule has 6 heteroatoms. The van der Waals surface area contributed by atoms with Gasteiger partial charge in [0, 0.05) is 36.0 Å². The van der Waals surface area contributed by atoms with E-state index < -0.39 is 0 Å². The molecular weight excluding hydrogens is 322 g/mol. The number of hydrogen-bond acceptors (Lipinski definition) is 3. The fraction of sp³-hybridized carbons (Fsp3) is 0.286. The second-order valence-corrected chi connectivity index (χ2v) is 5.57. The zero-order chi connectivity index (χ0) is 14.9. The monoisotopic (exact) mass is 337 g/mol. The first-order chi connectivity index (χ1) is 9.40. The van der Waals surface area contributed by atoms with Gasteiger partial charge in [-0.25, -0.2) is 4.79 Å². The van der Waals surface area contributed by atoms with E-state index in [-0.39, 0.29) is 11.2 Å². The van der Waals surface area contributed by atoms with E-state index >= 15 is 0 Å².